The molecule has 5 nitrogen and oxygen atoms in total. The van der Waals surface area contributed by atoms with Crippen molar-refractivity contribution in [2.45, 2.75) is 57.4 Å². The second-order valence-corrected chi connectivity index (χ2v) is 7.81. The summed E-state index contributed by atoms with van der Waals surface area (Å²) in [5.41, 5.74) is 1.38. The van der Waals surface area contributed by atoms with Gasteiger partial charge in [0, 0.05) is 24.0 Å². The molecule has 3 rings (SSSR count). The zero-order valence-electron chi connectivity index (χ0n) is 14.3. The van der Waals surface area contributed by atoms with E-state index in [1.165, 1.54) is 43.2 Å². The number of methoxy groups -OCH3 is 1. The number of thiophene rings is 1. The van der Waals surface area contributed by atoms with Gasteiger partial charge in [-0.05, 0) is 50.2 Å². The van der Waals surface area contributed by atoms with Crippen molar-refractivity contribution in [3.8, 4) is 0 Å². The maximum atomic E-state index is 12.6. The molecule has 0 radical (unpaired) electrons. The molecule has 2 aliphatic rings. The van der Waals surface area contributed by atoms with Gasteiger partial charge < -0.3 is 15.0 Å². The summed E-state index contributed by atoms with van der Waals surface area (Å²) in [6.07, 6.45) is 8.59. The van der Waals surface area contributed by atoms with E-state index in [0.717, 1.165) is 30.6 Å². The Balaban J connectivity index is 1.56. The third-order valence-electron chi connectivity index (χ3n) is 4.98. The van der Waals surface area contributed by atoms with Crippen LogP contribution in [0.3, 0.4) is 0 Å². The van der Waals surface area contributed by atoms with Crippen molar-refractivity contribution < 1.29 is 14.3 Å². The third-order valence-corrected chi connectivity index (χ3v) is 6.22. The first-order chi connectivity index (χ1) is 11.7. The number of carbonyl (C=O) groups excluding carboxylic acids is 2. The number of carbonyl (C=O) groups is 2. The van der Waals surface area contributed by atoms with Crippen LogP contribution in [0, 0.1) is 0 Å². The first-order valence-corrected chi connectivity index (χ1v) is 9.74. The highest BCUT2D eigenvalue weighted by atomic mass is 32.1. The van der Waals surface area contributed by atoms with Gasteiger partial charge in [0.05, 0.1) is 12.0 Å². The highest BCUT2D eigenvalue weighted by Gasteiger charge is 2.25. The molecule has 6 heteroatoms. The molecule has 0 spiro atoms. The Morgan fingerprint density at radius 1 is 1.17 bits per heavy atom. The quantitative estimate of drug-likeness (QED) is 0.890. The van der Waals surface area contributed by atoms with Crippen molar-refractivity contribution in [2.75, 3.05) is 20.2 Å². The second-order valence-electron chi connectivity index (χ2n) is 6.68. The normalized spacial score (nSPS) is 19.1. The van der Waals surface area contributed by atoms with Crippen LogP contribution in [0.1, 0.15) is 58.6 Å². The summed E-state index contributed by atoms with van der Waals surface area (Å²) in [5.74, 6) is 0.0447. The predicted octanol–water partition coefficient (Wildman–Crippen LogP) is 3.37. The lowest BCUT2D eigenvalue weighted by Gasteiger charge is -2.31. The van der Waals surface area contributed by atoms with Crippen LogP contribution >= 0.6 is 11.3 Å². The maximum Gasteiger partial charge on any atom is 0.409 e. The molecule has 2 amide bonds. The highest BCUT2D eigenvalue weighted by molar-refractivity contribution is 7.14. The minimum Gasteiger partial charge on any atom is -0.453 e. The summed E-state index contributed by atoms with van der Waals surface area (Å²) in [5, 5.41) is 3.15. The summed E-state index contributed by atoms with van der Waals surface area (Å²) >= 11 is 1.67. The average Bonchev–Trinajstić information content (AvgIpc) is 2.97. The van der Waals surface area contributed by atoms with Gasteiger partial charge in [-0.25, -0.2) is 4.79 Å². The van der Waals surface area contributed by atoms with Crippen LogP contribution in [0.5, 0.6) is 0 Å². The van der Waals surface area contributed by atoms with Crippen molar-refractivity contribution in [1.82, 2.24) is 10.2 Å². The fourth-order valence-electron chi connectivity index (χ4n) is 3.55. The molecule has 0 bridgehead atoms. The molecule has 1 N–H and O–H groups in total. The van der Waals surface area contributed by atoms with Gasteiger partial charge in [0.15, 0.2) is 0 Å². The zero-order valence-corrected chi connectivity index (χ0v) is 15.1. The minimum absolute atomic E-state index is 0.0447. The Hall–Kier alpha value is -1.56. The fraction of sp³-hybridized carbons (Fsp3) is 0.667. The van der Waals surface area contributed by atoms with Crippen LogP contribution < -0.4 is 5.32 Å². The van der Waals surface area contributed by atoms with Gasteiger partial charge in [0.1, 0.15) is 0 Å². The smallest absolute Gasteiger partial charge is 0.409 e. The van der Waals surface area contributed by atoms with Crippen LogP contribution in [0.15, 0.2) is 6.07 Å². The van der Waals surface area contributed by atoms with Gasteiger partial charge >= 0.3 is 6.09 Å². The molecule has 1 aliphatic carbocycles. The largest absolute Gasteiger partial charge is 0.453 e. The van der Waals surface area contributed by atoms with Crippen LogP contribution in [0.4, 0.5) is 4.79 Å². The third kappa shape index (κ3) is 4.09. The van der Waals surface area contributed by atoms with Gasteiger partial charge in [-0.3, -0.25) is 4.79 Å². The molecular formula is C18H26N2O3S. The molecule has 1 fully saturated rings. The number of rotatable bonds is 2. The van der Waals surface area contributed by atoms with Crippen molar-refractivity contribution in [1.29, 1.82) is 0 Å². The lowest BCUT2D eigenvalue weighted by atomic mass is 9.99. The Morgan fingerprint density at radius 3 is 2.58 bits per heavy atom. The molecule has 0 saturated carbocycles. The molecule has 132 valence electrons. The number of likely N-dealkylation sites (tertiary alicyclic amines) is 1. The van der Waals surface area contributed by atoms with Crippen LogP contribution in [0.2, 0.25) is 0 Å². The molecule has 1 aromatic heterocycles. The van der Waals surface area contributed by atoms with Crippen molar-refractivity contribution >= 4 is 23.3 Å². The molecular weight excluding hydrogens is 324 g/mol. The van der Waals surface area contributed by atoms with E-state index in [0.29, 0.717) is 13.1 Å². The number of nitrogens with zero attached hydrogens (tertiary/aromatic N) is 1. The number of hydrogen-bond donors (Lipinski definition) is 1. The summed E-state index contributed by atoms with van der Waals surface area (Å²) < 4.78 is 4.74. The summed E-state index contributed by atoms with van der Waals surface area (Å²) in [6.45, 7) is 1.27. The van der Waals surface area contributed by atoms with Gasteiger partial charge in [-0.2, -0.15) is 0 Å². The van der Waals surface area contributed by atoms with E-state index in [1.807, 2.05) is 0 Å². The lowest BCUT2D eigenvalue weighted by molar-refractivity contribution is 0.0896. The van der Waals surface area contributed by atoms with E-state index in [1.54, 1.807) is 16.2 Å². The summed E-state index contributed by atoms with van der Waals surface area (Å²) in [4.78, 5) is 28.0. The van der Waals surface area contributed by atoms with Gasteiger partial charge in [0.2, 0.25) is 0 Å². The lowest BCUT2D eigenvalue weighted by Crippen LogP contribution is -2.46. The van der Waals surface area contributed by atoms with E-state index in [4.69, 9.17) is 4.74 Å². The fourth-order valence-corrected chi connectivity index (χ4v) is 4.70. The molecule has 1 aliphatic heterocycles. The second kappa shape index (κ2) is 8.01. The number of piperidine rings is 1. The standard InChI is InChI=1S/C18H26N2O3S/c1-23-18(22)20-10-8-14(9-11-20)19-17(21)16-12-13-6-4-2-3-5-7-15(13)24-16/h12,14H,2-11H2,1H3,(H,19,21). The van der Waals surface area contributed by atoms with Crippen LogP contribution in [-0.4, -0.2) is 43.1 Å². The van der Waals surface area contributed by atoms with Crippen LogP contribution in [0.25, 0.3) is 0 Å². The first kappa shape index (κ1) is 17.3. The molecule has 24 heavy (non-hydrogen) atoms. The van der Waals surface area contributed by atoms with E-state index >= 15 is 0 Å². The van der Waals surface area contributed by atoms with Gasteiger partial charge in [-0.15, -0.1) is 11.3 Å². The highest BCUT2D eigenvalue weighted by Crippen LogP contribution is 2.28. The molecule has 0 atom stereocenters. The Morgan fingerprint density at radius 2 is 1.88 bits per heavy atom. The monoisotopic (exact) mass is 350 g/mol. The van der Waals surface area contributed by atoms with E-state index in [2.05, 4.69) is 11.4 Å². The SMILES string of the molecule is COC(=O)N1CCC(NC(=O)c2cc3c(s2)CCCCCC3)CC1. The van der Waals surface area contributed by atoms with E-state index in [9.17, 15) is 9.59 Å². The number of ether oxygens (including phenoxy) is 1. The number of fused-ring (bicyclic) bond motifs is 1. The number of aryl methyl sites for hydroxylation is 2. The molecule has 0 aromatic carbocycles. The van der Waals surface area contributed by atoms with E-state index < -0.39 is 0 Å². The molecule has 2 heterocycles. The Labute approximate surface area is 147 Å². The first-order valence-electron chi connectivity index (χ1n) is 8.92. The zero-order chi connectivity index (χ0) is 16.9. The Bertz CT molecular complexity index is 566. The van der Waals surface area contributed by atoms with Crippen molar-refractivity contribution in [3.63, 3.8) is 0 Å². The Kier molecular flexibility index (Phi) is 5.76. The summed E-state index contributed by atoms with van der Waals surface area (Å²) in [6, 6.07) is 2.24. The predicted molar refractivity (Wildman–Crippen MR) is 94.7 cm³/mol. The van der Waals surface area contributed by atoms with Crippen LogP contribution in [-0.2, 0) is 17.6 Å². The average molecular weight is 350 g/mol. The van der Waals surface area contributed by atoms with Crippen molar-refractivity contribution in [2.24, 2.45) is 0 Å². The summed E-state index contributed by atoms with van der Waals surface area (Å²) in [7, 11) is 1.40. The topological polar surface area (TPSA) is 58.6 Å². The maximum absolute atomic E-state index is 12.6. The molecule has 0 unspecified atom stereocenters. The van der Waals surface area contributed by atoms with E-state index in [-0.39, 0.29) is 18.0 Å². The number of hydrogen-bond acceptors (Lipinski definition) is 4. The van der Waals surface area contributed by atoms with Gasteiger partial charge in [0.25, 0.3) is 5.91 Å². The molecule has 1 aromatic rings. The van der Waals surface area contributed by atoms with Gasteiger partial charge in [-0.1, -0.05) is 12.8 Å². The number of amides is 2. The minimum atomic E-state index is -0.280. The number of nitrogens with one attached hydrogen (secondary N) is 1. The van der Waals surface area contributed by atoms with Crippen molar-refractivity contribution in [3.05, 3.63) is 21.4 Å². The molecule has 1 saturated heterocycles.